The average molecular weight is 537 g/mol. The molecular formula is C22H21F6N3O4S. The topological polar surface area (TPSA) is 95.6 Å². The van der Waals surface area contributed by atoms with E-state index < -0.39 is 51.1 Å². The summed E-state index contributed by atoms with van der Waals surface area (Å²) in [6.07, 6.45) is -10.4. The van der Waals surface area contributed by atoms with E-state index in [0.717, 1.165) is 18.4 Å². The second-order valence-electron chi connectivity index (χ2n) is 8.24. The van der Waals surface area contributed by atoms with Gasteiger partial charge in [-0.05, 0) is 48.0 Å². The van der Waals surface area contributed by atoms with Crippen LogP contribution in [0.5, 0.6) is 0 Å². The molecule has 0 saturated carbocycles. The smallest absolute Gasteiger partial charge is 0.324 e. The molecule has 0 radical (unpaired) electrons. The zero-order valence-electron chi connectivity index (χ0n) is 19.1. The summed E-state index contributed by atoms with van der Waals surface area (Å²) in [7, 11) is -3.02. The summed E-state index contributed by atoms with van der Waals surface area (Å²) in [5.74, 6) is -1.29. The molecule has 0 bridgehead atoms. The Morgan fingerprint density at radius 2 is 1.53 bits per heavy atom. The molecule has 1 aliphatic rings. The third kappa shape index (κ3) is 4.66. The molecule has 36 heavy (non-hydrogen) atoms. The SMILES string of the molecule is CNC(c1ccc(NC(=O)C2c3ccc(S(C)(=O)=O)cc3CN2C(C)=O)cc1)(C(F)(F)F)C(F)(F)F. The third-order valence-electron chi connectivity index (χ3n) is 5.95. The number of carbonyl (C=O) groups excluding carboxylic acids is 2. The van der Waals surface area contributed by atoms with Crippen LogP contribution in [0.2, 0.25) is 0 Å². The summed E-state index contributed by atoms with van der Waals surface area (Å²) >= 11 is 0. The van der Waals surface area contributed by atoms with Crippen molar-refractivity contribution in [2.45, 2.75) is 42.3 Å². The van der Waals surface area contributed by atoms with Crippen molar-refractivity contribution in [3.8, 4) is 0 Å². The number of alkyl halides is 6. The van der Waals surface area contributed by atoms with E-state index >= 15 is 0 Å². The first-order valence-corrected chi connectivity index (χ1v) is 12.2. The minimum atomic E-state index is -5.72. The molecule has 1 atom stereocenters. The van der Waals surface area contributed by atoms with Crippen molar-refractivity contribution in [3.05, 3.63) is 59.2 Å². The van der Waals surface area contributed by atoms with Crippen molar-refractivity contribution in [3.63, 3.8) is 0 Å². The van der Waals surface area contributed by atoms with Crippen molar-refractivity contribution in [2.24, 2.45) is 0 Å². The number of anilines is 1. The number of halogens is 6. The van der Waals surface area contributed by atoms with Crippen LogP contribution in [0.25, 0.3) is 0 Å². The van der Waals surface area contributed by atoms with Gasteiger partial charge < -0.3 is 10.2 Å². The van der Waals surface area contributed by atoms with Gasteiger partial charge in [-0.15, -0.1) is 0 Å². The molecule has 0 aliphatic carbocycles. The van der Waals surface area contributed by atoms with Gasteiger partial charge >= 0.3 is 12.4 Å². The molecule has 0 spiro atoms. The maximum absolute atomic E-state index is 13.5. The standard InChI is InChI=1S/C22H21F6N3O4S/c1-12(32)31-11-13-10-16(36(3,34)35)8-9-17(13)18(31)19(33)30-15-6-4-14(5-7-15)20(29-2,21(23,24)25)22(26,27)28/h4-10,18,29H,11H2,1-3H3,(H,30,33). The van der Waals surface area contributed by atoms with E-state index in [9.17, 15) is 44.3 Å². The molecule has 0 saturated heterocycles. The first-order valence-electron chi connectivity index (χ1n) is 10.3. The summed E-state index contributed by atoms with van der Waals surface area (Å²) in [4.78, 5) is 26.3. The molecule has 0 aromatic heterocycles. The lowest BCUT2D eigenvalue weighted by Gasteiger charge is -2.37. The van der Waals surface area contributed by atoms with E-state index in [0.29, 0.717) is 30.3 Å². The lowest BCUT2D eigenvalue weighted by Crippen LogP contribution is -2.62. The molecule has 2 N–H and O–H groups in total. The Hall–Kier alpha value is -3.13. The van der Waals surface area contributed by atoms with E-state index in [-0.39, 0.29) is 17.1 Å². The number of rotatable bonds is 5. The molecule has 2 amide bonds. The highest BCUT2D eigenvalue weighted by atomic mass is 32.2. The zero-order valence-corrected chi connectivity index (χ0v) is 19.9. The predicted octanol–water partition coefficient (Wildman–Crippen LogP) is 3.67. The van der Waals surface area contributed by atoms with Crippen LogP contribution in [0, 0.1) is 0 Å². The van der Waals surface area contributed by atoms with Crippen molar-refractivity contribution in [2.75, 3.05) is 18.6 Å². The van der Waals surface area contributed by atoms with E-state index in [1.807, 2.05) is 0 Å². The summed E-state index contributed by atoms with van der Waals surface area (Å²) < 4.78 is 105. The Bertz CT molecular complexity index is 1280. The first kappa shape index (κ1) is 27.5. The minimum Gasteiger partial charge on any atom is -0.324 e. The van der Waals surface area contributed by atoms with Crippen LogP contribution >= 0.6 is 0 Å². The number of benzene rings is 2. The van der Waals surface area contributed by atoms with Crippen LogP contribution in [0.1, 0.15) is 29.7 Å². The monoisotopic (exact) mass is 537 g/mol. The molecular weight excluding hydrogens is 516 g/mol. The van der Waals surface area contributed by atoms with Crippen LogP contribution in [0.4, 0.5) is 32.0 Å². The van der Waals surface area contributed by atoms with Gasteiger partial charge in [0.2, 0.25) is 11.4 Å². The number of hydrogen-bond donors (Lipinski definition) is 2. The molecule has 3 rings (SSSR count). The highest BCUT2D eigenvalue weighted by Gasteiger charge is 2.71. The summed E-state index contributed by atoms with van der Waals surface area (Å²) in [6.45, 7) is 1.14. The summed E-state index contributed by atoms with van der Waals surface area (Å²) in [6, 6.07) is 5.78. The average Bonchev–Trinajstić information content (AvgIpc) is 3.12. The van der Waals surface area contributed by atoms with Gasteiger partial charge in [-0.2, -0.15) is 26.3 Å². The number of amides is 2. The van der Waals surface area contributed by atoms with E-state index in [2.05, 4.69) is 5.32 Å². The molecule has 1 aliphatic heterocycles. The van der Waals surface area contributed by atoms with Crippen LogP contribution in [0.15, 0.2) is 47.4 Å². The summed E-state index contributed by atoms with van der Waals surface area (Å²) in [5.41, 5.74) is -4.81. The van der Waals surface area contributed by atoms with Crippen molar-refractivity contribution in [1.82, 2.24) is 10.2 Å². The van der Waals surface area contributed by atoms with Crippen LogP contribution in [0.3, 0.4) is 0 Å². The van der Waals surface area contributed by atoms with Gasteiger partial charge in [-0.1, -0.05) is 18.2 Å². The third-order valence-corrected chi connectivity index (χ3v) is 7.06. The fourth-order valence-corrected chi connectivity index (χ4v) is 4.84. The van der Waals surface area contributed by atoms with E-state index in [1.54, 1.807) is 0 Å². The van der Waals surface area contributed by atoms with Gasteiger partial charge in [-0.3, -0.25) is 14.9 Å². The second-order valence-corrected chi connectivity index (χ2v) is 10.3. The number of fused-ring (bicyclic) bond motifs is 1. The maximum Gasteiger partial charge on any atom is 0.419 e. The Balaban J connectivity index is 1.94. The van der Waals surface area contributed by atoms with Gasteiger partial charge in [0.15, 0.2) is 9.84 Å². The lowest BCUT2D eigenvalue weighted by molar-refractivity contribution is -0.312. The fraction of sp³-hybridized carbons (Fsp3) is 0.364. The van der Waals surface area contributed by atoms with Gasteiger partial charge in [0.05, 0.1) is 4.90 Å². The number of sulfone groups is 1. The molecule has 1 heterocycles. The first-order chi connectivity index (χ1) is 16.4. The normalized spacial score (nSPS) is 16.6. The number of nitrogens with one attached hydrogen (secondary N) is 2. The van der Waals surface area contributed by atoms with Crippen LogP contribution in [-0.4, -0.2) is 50.8 Å². The fourth-order valence-electron chi connectivity index (χ4n) is 4.17. The van der Waals surface area contributed by atoms with Crippen molar-refractivity contribution < 1.29 is 44.3 Å². The highest BCUT2D eigenvalue weighted by Crippen LogP contribution is 2.50. The molecule has 7 nitrogen and oxygen atoms in total. The van der Waals surface area contributed by atoms with Crippen LogP contribution in [-0.2, 0) is 31.5 Å². The van der Waals surface area contributed by atoms with Gasteiger partial charge in [0, 0.05) is 25.4 Å². The zero-order chi connectivity index (χ0) is 27.3. The molecule has 1 unspecified atom stereocenters. The molecule has 0 fully saturated rings. The van der Waals surface area contributed by atoms with E-state index in [4.69, 9.17) is 0 Å². The number of carbonyl (C=O) groups is 2. The van der Waals surface area contributed by atoms with Gasteiger partial charge in [0.25, 0.3) is 5.91 Å². The number of nitrogens with zero attached hydrogens (tertiary/aromatic N) is 1. The molecule has 14 heteroatoms. The van der Waals surface area contributed by atoms with Gasteiger partial charge in [0.1, 0.15) is 6.04 Å². The quantitative estimate of drug-likeness (QED) is 0.568. The highest BCUT2D eigenvalue weighted by molar-refractivity contribution is 7.90. The summed E-state index contributed by atoms with van der Waals surface area (Å²) in [5, 5.41) is 3.73. The molecule has 2 aromatic rings. The number of hydrogen-bond acceptors (Lipinski definition) is 5. The van der Waals surface area contributed by atoms with Crippen LogP contribution < -0.4 is 10.6 Å². The Morgan fingerprint density at radius 3 is 1.97 bits per heavy atom. The van der Waals surface area contributed by atoms with E-state index in [1.165, 1.54) is 35.3 Å². The lowest BCUT2D eigenvalue weighted by atomic mass is 9.88. The van der Waals surface area contributed by atoms with Crippen molar-refractivity contribution in [1.29, 1.82) is 0 Å². The molecule has 2 aromatic carbocycles. The molecule has 196 valence electrons. The van der Waals surface area contributed by atoms with Gasteiger partial charge in [-0.25, -0.2) is 8.42 Å². The predicted molar refractivity (Wildman–Crippen MR) is 116 cm³/mol. The Labute approximate surface area is 202 Å². The van der Waals surface area contributed by atoms with Crippen molar-refractivity contribution >= 4 is 27.3 Å². The minimum absolute atomic E-state index is 0.0104. The Kier molecular flexibility index (Phi) is 6.92. The Morgan fingerprint density at radius 1 is 0.972 bits per heavy atom. The second kappa shape index (κ2) is 9.07. The largest absolute Gasteiger partial charge is 0.419 e. The maximum atomic E-state index is 13.5.